The number of aliphatic hydroxyl groups is 1. The van der Waals surface area contributed by atoms with Crippen LogP contribution in [0.4, 0.5) is 16.8 Å². The molecule has 0 radical (unpaired) electrons. The van der Waals surface area contributed by atoms with E-state index < -0.39 is 9.84 Å². The van der Waals surface area contributed by atoms with Gasteiger partial charge < -0.3 is 15.7 Å². The van der Waals surface area contributed by atoms with Crippen LogP contribution < -0.4 is 10.6 Å². The number of aliphatic hydroxyl groups excluding tert-OH is 1. The maximum absolute atomic E-state index is 13.2. The summed E-state index contributed by atoms with van der Waals surface area (Å²) >= 11 is 1.59. The highest BCUT2D eigenvalue weighted by Gasteiger charge is 2.28. The summed E-state index contributed by atoms with van der Waals surface area (Å²) in [6.45, 7) is 5.04. The van der Waals surface area contributed by atoms with E-state index >= 15 is 0 Å². The van der Waals surface area contributed by atoms with Crippen molar-refractivity contribution in [1.82, 2.24) is 15.0 Å². The molecule has 0 spiro atoms. The second kappa shape index (κ2) is 9.13. The lowest BCUT2D eigenvalue weighted by atomic mass is 9.79. The molecule has 3 N–H and O–H groups in total. The highest BCUT2D eigenvalue weighted by atomic mass is 32.2. The van der Waals surface area contributed by atoms with Crippen LogP contribution in [0.3, 0.4) is 0 Å². The summed E-state index contributed by atoms with van der Waals surface area (Å²) in [5.74, 6) is 0.806. The van der Waals surface area contributed by atoms with E-state index in [1.165, 1.54) is 35.5 Å². The zero-order valence-electron chi connectivity index (χ0n) is 18.1. The van der Waals surface area contributed by atoms with Crippen LogP contribution in [0.15, 0.2) is 46.5 Å². The highest BCUT2D eigenvalue weighted by Crippen LogP contribution is 2.39. The van der Waals surface area contributed by atoms with E-state index in [2.05, 4.69) is 34.4 Å². The Morgan fingerprint density at radius 3 is 2.75 bits per heavy atom. The number of rotatable bonds is 8. The third kappa shape index (κ3) is 5.08. The molecule has 8 nitrogen and oxygen atoms in total. The number of nitrogens with zero attached hydrogens (tertiary/aromatic N) is 3. The van der Waals surface area contributed by atoms with Crippen molar-refractivity contribution in [3.8, 4) is 0 Å². The van der Waals surface area contributed by atoms with E-state index in [-0.39, 0.29) is 21.8 Å². The standard InChI is InChI=1S/C22H27N5O3S2/c1-22(2)7-6-17-18(13-22)31-21(25-17)27-20-12-16(11-19(26-20)24-9-4-10-28)32(29,30)15-5-3-8-23-14-15/h3,5,8,11-12,14,28H,4,6-7,9-10,13H2,1-2H3,(H2,24,25,26,27). The quantitative estimate of drug-likeness (QED) is 0.423. The Hall–Kier alpha value is -2.56. The van der Waals surface area contributed by atoms with Gasteiger partial charge in [-0.05, 0) is 49.3 Å². The smallest absolute Gasteiger partial charge is 0.208 e. The summed E-state index contributed by atoms with van der Waals surface area (Å²) in [5.41, 5.74) is 1.37. The number of nitrogens with one attached hydrogen (secondary N) is 2. The molecule has 0 atom stereocenters. The SMILES string of the molecule is CC1(C)CCc2nc(Nc3cc(S(=O)(=O)c4cccnc4)cc(NCCCO)n3)sc2C1. The number of fused-ring (bicyclic) bond motifs is 1. The van der Waals surface area contributed by atoms with Crippen LogP contribution in [0.1, 0.15) is 37.3 Å². The summed E-state index contributed by atoms with van der Waals surface area (Å²) in [4.78, 5) is 14.7. The number of aromatic nitrogens is 3. The van der Waals surface area contributed by atoms with Crippen LogP contribution in [-0.2, 0) is 22.7 Å². The van der Waals surface area contributed by atoms with Crippen molar-refractivity contribution in [3.05, 3.63) is 47.2 Å². The van der Waals surface area contributed by atoms with Crippen LogP contribution in [-0.4, -0.2) is 41.6 Å². The average molecular weight is 474 g/mol. The second-order valence-electron chi connectivity index (χ2n) is 8.62. The molecule has 0 saturated carbocycles. The third-order valence-electron chi connectivity index (χ3n) is 5.39. The van der Waals surface area contributed by atoms with Crippen molar-refractivity contribution < 1.29 is 13.5 Å². The van der Waals surface area contributed by atoms with Gasteiger partial charge in [0.2, 0.25) is 9.84 Å². The first-order chi connectivity index (χ1) is 15.3. The van der Waals surface area contributed by atoms with Gasteiger partial charge >= 0.3 is 0 Å². The fourth-order valence-corrected chi connectivity index (χ4v) is 6.15. The predicted molar refractivity (Wildman–Crippen MR) is 125 cm³/mol. The molecule has 0 fully saturated rings. The van der Waals surface area contributed by atoms with Gasteiger partial charge in [0.05, 0.1) is 15.5 Å². The maximum Gasteiger partial charge on any atom is 0.208 e. The first kappa shape index (κ1) is 22.6. The van der Waals surface area contributed by atoms with Gasteiger partial charge in [-0.1, -0.05) is 13.8 Å². The van der Waals surface area contributed by atoms with Crippen molar-refractivity contribution in [2.45, 2.75) is 49.3 Å². The molecule has 4 rings (SSSR count). The fraction of sp³-hybridized carbons (Fsp3) is 0.409. The van der Waals surface area contributed by atoms with Gasteiger partial charge in [-0.3, -0.25) is 4.98 Å². The topological polar surface area (TPSA) is 117 Å². The van der Waals surface area contributed by atoms with Crippen LogP contribution in [0.25, 0.3) is 0 Å². The highest BCUT2D eigenvalue weighted by molar-refractivity contribution is 7.91. The molecule has 0 aliphatic heterocycles. The molecule has 0 saturated heterocycles. The number of sulfone groups is 1. The molecule has 3 aromatic heterocycles. The normalized spacial score (nSPS) is 15.2. The van der Waals surface area contributed by atoms with Crippen molar-refractivity contribution in [2.24, 2.45) is 5.41 Å². The van der Waals surface area contributed by atoms with E-state index in [1.807, 2.05) is 0 Å². The van der Waals surface area contributed by atoms with Crippen LogP contribution >= 0.6 is 11.3 Å². The van der Waals surface area contributed by atoms with E-state index in [1.54, 1.807) is 17.4 Å². The molecule has 0 bridgehead atoms. The van der Waals surface area contributed by atoms with Crippen LogP contribution in [0.5, 0.6) is 0 Å². The Morgan fingerprint density at radius 1 is 1.19 bits per heavy atom. The molecule has 0 unspecified atom stereocenters. The van der Waals surface area contributed by atoms with E-state index in [0.717, 1.165) is 25.0 Å². The molecule has 10 heteroatoms. The number of thiazole rings is 1. The molecule has 0 aromatic carbocycles. The predicted octanol–water partition coefficient (Wildman–Crippen LogP) is 3.82. The van der Waals surface area contributed by atoms with Gasteiger partial charge in [-0.25, -0.2) is 18.4 Å². The van der Waals surface area contributed by atoms with Crippen molar-refractivity contribution >= 4 is 37.9 Å². The van der Waals surface area contributed by atoms with Crippen LogP contribution in [0.2, 0.25) is 0 Å². The summed E-state index contributed by atoms with van der Waals surface area (Å²) < 4.78 is 26.3. The summed E-state index contributed by atoms with van der Waals surface area (Å²) in [5, 5.41) is 16.1. The monoisotopic (exact) mass is 473 g/mol. The first-order valence-electron chi connectivity index (χ1n) is 10.5. The molecule has 32 heavy (non-hydrogen) atoms. The number of pyridine rings is 2. The molecule has 3 heterocycles. The minimum Gasteiger partial charge on any atom is -0.396 e. The Morgan fingerprint density at radius 2 is 2.00 bits per heavy atom. The fourth-order valence-electron chi connectivity index (χ4n) is 3.61. The van der Waals surface area contributed by atoms with Crippen molar-refractivity contribution in [2.75, 3.05) is 23.8 Å². The molecular formula is C22H27N5O3S2. The molecule has 170 valence electrons. The van der Waals surface area contributed by atoms with E-state index in [9.17, 15) is 8.42 Å². The molecule has 1 aliphatic carbocycles. The van der Waals surface area contributed by atoms with Gasteiger partial charge in [-0.15, -0.1) is 11.3 Å². The Kier molecular flexibility index (Phi) is 6.45. The largest absolute Gasteiger partial charge is 0.396 e. The minimum absolute atomic E-state index is 0.0345. The zero-order chi connectivity index (χ0) is 22.8. The summed E-state index contributed by atoms with van der Waals surface area (Å²) in [6.07, 6.45) is 6.42. The number of hydrogen-bond acceptors (Lipinski definition) is 9. The third-order valence-corrected chi connectivity index (χ3v) is 8.12. The van der Waals surface area contributed by atoms with Gasteiger partial charge in [-0.2, -0.15) is 0 Å². The zero-order valence-corrected chi connectivity index (χ0v) is 19.8. The van der Waals surface area contributed by atoms with Gasteiger partial charge in [0.15, 0.2) is 5.13 Å². The summed E-state index contributed by atoms with van der Waals surface area (Å²) in [7, 11) is -3.77. The molecule has 3 aromatic rings. The Labute approximate surface area is 192 Å². The molecule has 0 amide bonds. The summed E-state index contributed by atoms with van der Waals surface area (Å²) in [6, 6.07) is 6.13. The number of hydrogen-bond donors (Lipinski definition) is 3. The van der Waals surface area contributed by atoms with Crippen molar-refractivity contribution in [1.29, 1.82) is 0 Å². The lowest BCUT2D eigenvalue weighted by molar-refractivity contribution is 0.292. The maximum atomic E-state index is 13.2. The molecule has 1 aliphatic rings. The lowest BCUT2D eigenvalue weighted by Gasteiger charge is -2.28. The van der Waals surface area contributed by atoms with E-state index in [0.29, 0.717) is 29.7 Å². The van der Waals surface area contributed by atoms with Gasteiger partial charge in [0.25, 0.3) is 0 Å². The van der Waals surface area contributed by atoms with Gasteiger partial charge in [0.1, 0.15) is 11.6 Å². The number of anilines is 3. The van der Waals surface area contributed by atoms with Gasteiger partial charge in [0, 0.05) is 36.5 Å². The lowest BCUT2D eigenvalue weighted by Crippen LogP contribution is -2.20. The first-order valence-corrected chi connectivity index (χ1v) is 12.8. The average Bonchev–Trinajstić information content (AvgIpc) is 3.14. The Balaban J connectivity index is 1.67. The van der Waals surface area contributed by atoms with Crippen LogP contribution in [0, 0.1) is 5.41 Å². The van der Waals surface area contributed by atoms with Crippen molar-refractivity contribution in [3.63, 3.8) is 0 Å². The molecular weight excluding hydrogens is 446 g/mol. The minimum atomic E-state index is -3.77. The Bertz CT molecular complexity index is 1190. The second-order valence-corrected chi connectivity index (χ2v) is 11.7. The van der Waals surface area contributed by atoms with E-state index in [4.69, 9.17) is 10.1 Å². The number of aryl methyl sites for hydroxylation is 1.